The number of benzene rings is 1. The lowest BCUT2D eigenvalue weighted by molar-refractivity contribution is 0.0991. The smallest absolute Gasteiger partial charge is 0.273 e. The number of rotatable bonds is 6. The summed E-state index contributed by atoms with van der Waals surface area (Å²) >= 11 is 2.65. The molecule has 1 amide bonds. The van der Waals surface area contributed by atoms with Gasteiger partial charge in [-0.15, -0.1) is 11.3 Å². The van der Waals surface area contributed by atoms with Gasteiger partial charge in [0.05, 0.1) is 23.9 Å². The zero-order valence-electron chi connectivity index (χ0n) is 12.8. The van der Waals surface area contributed by atoms with Crippen LogP contribution in [0.1, 0.15) is 15.4 Å². The normalized spacial score (nSPS) is 10.7. The molecule has 2 heterocycles. The number of hydrogen-bond donors (Lipinski definition) is 1. The Morgan fingerprint density at radius 1 is 1.36 bits per heavy atom. The highest BCUT2D eigenvalue weighted by molar-refractivity contribution is 7.17. The van der Waals surface area contributed by atoms with Crippen molar-refractivity contribution >= 4 is 28.6 Å². The molecule has 0 aliphatic heterocycles. The molecule has 0 fully saturated rings. The van der Waals surface area contributed by atoms with Gasteiger partial charge in [-0.3, -0.25) is 4.79 Å². The van der Waals surface area contributed by atoms with Crippen molar-refractivity contribution in [1.29, 1.82) is 0 Å². The number of amides is 1. The molecule has 0 atom stereocenters. The average molecular weight is 383 g/mol. The van der Waals surface area contributed by atoms with E-state index in [0.29, 0.717) is 15.9 Å². The maximum atomic E-state index is 14.1. The standard InChI is InChI=1S/C15H11F2N3O3S2/c1-22-15-19-4-10(25-15)8-6-24-11(20-8)5-23-9-3-2-7(16)12(13(9)17)14(18)21/h2-4,6H,5H2,1H3,(H2,18,21). The predicted molar refractivity (Wildman–Crippen MR) is 89.0 cm³/mol. The van der Waals surface area contributed by atoms with E-state index in [4.69, 9.17) is 15.2 Å². The van der Waals surface area contributed by atoms with Crippen molar-refractivity contribution in [1.82, 2.24) is 9.97 Å². The van der Waals surface area contributed by atoms with Crippen molar-refractivity contribution in [2.45, 2.75) is 6.61 Å². The fourth-order valence-corrected chi connectivity index (χ4v) is 3.44. The number of methoxy groups -OCH3 is 1. The first-order valence-electron chi connectivity index (χ1n) is 6.84. The van der Waals surface area contributed by atoms with Gasteiger partial charge in [-0.25, -0.2) is 18.7 Å². The molecular weight excluding hydrogens is 372 g/mol. The number of halogens is 2. The van der Waals surface area contributed by atoms with E-state index in [1.54, 1.807) is 6.20 Å². The zero-order chi connectivity index (χ0) is 18.0. The third kappa shape index (κ3) is 3.59. The molecule has 0 unspecified atom stereocenters. The lowest BCUT2D eigenvalue weighted by atomic mass is 10.2. The second kappa shape index (κ2) is 7.11. The molecule has 0 bridgehead atoms. The third-order valence-electron chi connectivity index (χ3n) is 3.12. The first-order chi connectivity index (χ1) is 12.0. The summed E-state index contributed by atoms with van der Waals surface area (Å²) in [5.74, 6) is -3.63. The molecule has 130 valence electrons. The van der Waals surface area contributed by atoms with Crippen molar-refractivity contribution in [3.63, 3.8) is 0 Å². The van der Waals surface area contributed by atoms with E-state index in [2.05, 4.69) is 9.97 Å². The summed E-state index contributed by atoms with van der Waals surface area (Å²) in [5.41, 5.74) is 4.84. The summed E-state index contributed by atoms with van der Waals surface area (Å²) in [6.45, 7) is -0.0403. The number of nitrogens with zero attached hydrogens (tertiary/aromatic N) is 2. The quantitative estimate of drug-likeness (QED) is 0.706. The van der Waals surface area contributed by atoms with Gasteiger partial charge < -0.3 is 15.2 Å². The number of nitrogens with two attached hydrogens (primary N) is 1. The van der Waals surface area contributed by atoms with Gasteiger partial charge in [0.1, 0.15) is 23.0 Å². The van der Waals surface area contributed by atoms with E-state index in [9.17, 15) is 13.6 Å². The van der Waals surface area contributed by atoms with Crippen molar-refractivity contribution in [2.75, 3.05) is 7.11 Å². The van der Waals surface area contributed by atoms with Gasteiger partial charge in [-0.2, -0.15) is 0 Å². The van der Waals surface area contributed by atoms with Gasteiger partial charge in [-0.1, -0.05) is 11.3 Å². The van der Waals surface area contributed by atoms with Crippen LogP contribution < -0.4 is 15.2 Å². The minimum Gasteiger partial charge on any atom is -0.483 e. The van der Waals surface area contributed by atoms with E-state index in [1.165, 1.54) is 29.8 Å². The van der Waals surface area contributed by atoms with Crippen molar-refractivity contribution in [3.8, 4) is 21.5 Å². The Morgan fingerprint density at radius 2 is 2.16 bits per heavy atom. The predicted octanol–water partition coefficient (Wildman–Crippen LogP) is 3.23. The van der Waals surface area contributed by atoms with Crippen LogP contribution in [-0.2, 0) is 6.61 Å². The van der Waals surface area contributed by atoms with Gasteiger partial charge >= 0.3 is 0 Å². The highest BCUT2D eigenvalue weighted by Crippen LogP contribution is 2.31. The highest BCUT2D eigenvalue weighted by Gasteiger charge is 2.19. The third-order valence-corrected chi connectivity index (χ3v) is 4.92. The van der Waals surface area contributed by atoms with Crippen LogP contribution in [0.2, 0.25) is 0 Å². The maximum absolute atomic E-state index is 14.1. The Kier molecular flexibility index (Phi) is 4.91. The number of carbonyl (C=O) groups is 1. The SMILES string of the molecule is COc1ncc(-c2csc(COc3ccc(F)c(C(N)=O)c3F)n2)s1. The molecule has 25 heavy (non-hydrogen) atoms. The molecule has 0 aliphatic rings. The van der Waals surface area contributed by atoms with Crippen molar-refractivity contribution in [3.05, 3.63) is 45.9 Å². The van der Waals surface area contributed by atoms with Crippen LogP contribution in [0.15, 0.2) is 23.7 Å². The summed E-state index contributed by atoms with van der Waals surface area (Å²) in [4.78, 5) is 20.4. The van der Waals surface area contributed by atoms with Gasteiger partial charge in [0.15, 0.2) is 11.6 Å². The molecule has 6 nitrogen and oxygen atoms in total. The largest absolute Gasteiger partial charge is 0.483 e. The molecule has 2 aromatic heterocycles. The molecule has 0 radical (unpaired) electrons. The summed E-state index contributed by atoms with van der Waals surface area (Å²) < 4.78 is 37.9. The van der Waals surface area contributed by atoms with Crippen molar-refractivity contribution < 1.29 is 23.0 Å². The Labute approximate surface area is 148 Å². The van der Waals surface area contributed by atoms with Crippen LogP contribution in [0.25, 0.3) is 10.6 Å². The minimum absolute atomic E-state index is 0.0403. The zero-order valence-corrected chi connectivity index (χ0v) is 14.4. The fraction of sp³-hybridized carbons (Fsp3) is 0.133. The number of ether oxygens (including phenoxy) is 2. The Morgan fingerprint density at radius 3 is 2.84 bits per heavy atom. The highest BCUT2D eigenvalue weighted by atomic mass is 32.1. The van der Waals surface area contributed by atoms with E-state index in [-0.39, 0.29) is 12.4 Å². The summed E-state index contributed by atoms with van der Waals surface area (Å²) in [6.07, 6.45) is 1.64. The van der Waals surface area contributed by atoms with Gasteiger partial charge in [-0.05, 0) is 12.1 Å². The Bertz CT molecular complexity index is 927. The van der Waals surface area contributed by atoms with E-state index in [1.807, 2.05) is 5.38 Å². The summed E-state index contributed by atoms with van der Waals surface area (Å²) in [7, 11) is 1.53. The number of carbonyl (C=O) groups excluding carboxylic acids is 1. The van der Waals surface area contributed by atoms with E-state index in [0.717, 1.165) is 17.0 Å². The van der Waals surface area contributed by atoms with Crippen LogP contribution in [-0.4, -0.2) is 23.0 Å². The number of aromatic nitrogens is 2. The molecule has 10 heteroatoms. The van der Waals surface area contributed by atoms with Crippen LogP contribution in [0.5, 0.6) is 10.9 Å². The molecule has 0 aliphatic carbocycles. The van der Waals surface area contributed by atoms with Crippen LogP contribution in [0, 0.1) is 11.6 Å². The number of hydrogen-bond acceptors (Lipinski definition) is 7. The average Bonchev–Trinajstić information content (AvgIpc) is 3.22. The van der Waals surface area contributed by atoms with Gasteiger partial charge in [0.25, 0.3) is 11.1 Å². The van der Waals surface area contributed by atoms with Crippen LogP contribution >= 0.6 is 22.7 Å². The Balaban J connectivity index is 1.74. The number of thiazole rings is 2. The first kappa shape index (κ1) is 17.2. The van der Waals surface area contributed by atoms with Crippen molar-refractivity contribution in [2.24, 2.45) is 5.73 Å². The lowest BCUT2D eigenvalue weighted by Crippen LogP contribution is -2.16. The second-order valence-electron chi connectivity index (χ2n) is 4.71. The summed E-state index contributed by atoms with van der Waals surface area (Å²) in [6, 6.07) is 2.02. The number of primary amides is 1. The van der Waals surface area contributed by atoms with Gasteiger partial charge in [0, 0.05) is 5.38 Å². The molecule has 0 spiro atoms. The molecule has 3 rings (SSSR count). The second-order valence-corrected chi connectivity index (χ2v) is 6.64. The topological polar surface area (TPSA) is 87.3 Å². The monoisotopic (exact) mass is 383 g/mol. The molecule has 1 aromatic carbocycles. The van der Waals surface area contributed by atoms with E-state index >= 15 is 0 Å². The Hall–Kier alpha value is -2.59. The first-order valence-corrected chi connectivity index (χ1v) is 8.54. The molecular formula is C15H11F2N3O3S2. The maximum Gasteiger partial charge on any atom is 0.273 e. The molecule has 0 saturated heterocycles. The van der Waals surface area contributed by atoms with E-state index < -0.39 is 23.1 Å². The van der Waals surface area contributed by atoms with Crippen LogP contribution in [0.4, 0.5) is 8.78 Å². The molecule has 2 N–H and O–H groups in total. The summed E-state index contributed by atoms with van der Waals surface area (Å²) in [5, 5.41) is 2.90. The van der Waals surface area contributed by atoms with Gasteiger partial charge in [0.2, 0.25) is 0 Å². The molecule has 0 saturated carbocycles. The molecule has 3 aromatic rings. The minimum atomic E-state index is -1.20. The van der Waals surface area contributed by atoms with Crippen LogP contribution in [0.3, 0.4) is 0 Å². The fourth-order valence-electron chi connectivity index (χ4n) is 1.97. The lowest BCUT2D eigenvalue weighted by Gasteiger charge is -2.08.